The lowest BCUT2D eigenvalue weighted by molar-refractivity contribution is 0.0764. The number of carbonyl (C=O) groups excluding carboxylic acids is 1. The Balaban J connectivity index is 2.00. The summed E-state index contributed by atoms with van der Waals surface area (Å²) in [6.07, 6.45) is 6.42. The molecule has 1 aliphatic carbocycles. The Kier molecular flexibility index (Phi) is 2.66. The maximum atomic E-state index is 11.3. The zero-order chi connectivity index (χ0) is 10.1. The van der Waals surface area contributed by atoms with E-state index in [0.29, 0.717) is 5.92 Å². The smallest absolute Gasteiger partial charge is 0.410 e. The van der Waals surface area contributed by atoms with Crippen molar-refractivity contribution in [3.8, 4) is 0 Å². The Morgan fingerprint density at radius 3 is 2.43 bits per heavy atom. The van der Waals surface area contributed by atoms with Crippen molar-refractivity contribution in [1.29, 1.82) is 0 Å². The minimum Gasteiger partial charge on any atom is -0.444 e. The first-order valence-electron chi connectivity index (χ1n) is 5.63. The molecule has 0 aromatic heterocycles. The van der Waals surface area contributed by atoms with E-state index in [1.807, 2.05) is 7.05 Å². The summed E-state index contributed by atoms with van der Waals surface area (Å²) in [6, 6.07) is 0.255. The average Bonchev–Trinajstić information content (AvgIpc) is 2.47. The first-order valence-corrected chi connectivity index (χ1v) is 5.63. The lowest BCUT2D eigenvalue weighted by atomic mass is 9.83. The molecule has 14 heavy (non-hydrogen) atoms. The monoisotopic (exact) mass is 197 g/mol. The molecule has 2 atom stereocenters. The van der Waals surface area contributed by atoms with Crippen LogP contribution in [0.5, 0.6) is 0 Å². The van der Waals surface area contributed by atoms with Crippen LogP contribution in [0.3, 0.4) is 0 Å². The molecule has 3 nitrogen and oxygen atoms in total. The van der Waals surface area contributed by atoms with E-state index in [1.165, 1.54) is 32.1 Å². The van der Waals surface area contributed by atoms with Crippen LogP contribution in [0.2, 0.25) is 0 Å². The highest BCUT2D eigenvalue weighted by Gasteiger charge is 2.41. The number of cyclic esters (lactones) is 1. The van der Waals surface area contributed by atoms with Crippen LogP contribution >= 0.6 is 0 Å². The van der Waals surface area contributed by atoms with Crippen LogP contribution in [0, 0.1) is 5.92 Å². The van der Waals surface area contributed by atoms with Gasteiger partial charge in [-0.3, -0.25) is 0 Å². The zero-order valence-corrected chi connectivity index (χ0v) is 9.03. The highest BCUT2D eigenvalue weighted by molar-refractivity contribution is 5.70. The van der Waals surface area contributed by atoms with E-state index in [9.17, 15) is 4.79 Å². The van der Waals surface area contributed by atoms with Gasteiger partial charge in [0.05, 0.1) is 6.04 Å². The van der Waals surface area contributed by atoms with E-state index in [0.717, 1.165) is 0 Å². The first kappa shape index (κ1) is 9.81. The Hall–Kier alpha value is -0.730. The summed E-state index contributed by atoms with van der Waals surface area (Å²) in [5.74, 6) is 0.604. The van der Waals surface area contributed by atoms with Gasteiger partial charge in [0.1, 0.15) is 6.10 Å². The molecule has 1 aliphatic heterocycles. The summed E-state index contributed by atoms with van der Waals surface area (Å²) in [5.41, 5.74) is 0. The molecule has 3 heteroatoms. The normalized spacial score (nSPS) is 34.7. The highest BCUT2D eigenvalue weighted by atomic mass is 16.6. The van der Waals surface area contributed by atoms with Crippen LogP contribution in [-0.4, -0.2) is 30.2 Å². The van der Waals surface area contributed by atoms with Gasteiger partial charge >= 0.3 is 6.09 Å². The fourth-order valence-corrected chi connectivity index (χ4v) is 2.64. The van der Waals surface area contributed by atoms with E-state index in [-0.39, 0.29) is 18.2 Å². The van der Waals surface area contributed by atoms with Crippen LogP contribution in [0.1, 0.15) is 39.0 Å². The molecule has 0 spiro atoms. The van der Waals surface area contributed by atoms with Crippen LogP contribution < -0.4 is 0 Å². The fourth-order valence-electron chi connectivity index (χ4n) is 2.64. The average molecular weight is 197 g/mol. The molecular weight excluding hydrogens is 178 g/mol. The van der Waals surface area contributed by atoms with Gasteiger partial charge in [-0.15, -0.1) is 0 Å². The second kappa shape index (κ2) is 3.79. The summed E-state index contributed by atoms with van der Waals surface area (Å²) in [6.45, 7) is 2.09. The Morgan fingerprint density at radius 1 is 1.29 bits per heavy atom. The number of amides is 1. The third-order valence-corrected chi connectivity index (χ3v) is 3.73. The highest BCUT2D eigenvalue weighted by Crippen LogP contribution is 2.33. The molecule has 0 unspecified atom stereocenters. The molecule has 1 amide bonds. The lowest BCUT2D eigenvalue weighted by Crippen LogP contribution is -2.35. The molecule has 0 radical (unpaired) electrons. The molecule has 2 aliphatic rings. The fraction of sp³-hybridized carbons (Fsp3) is 0.909. The number of ether oxygens (including phenoxy) is 1. The summed E-state index contributed by atoms with van der Waals surface area (Å²) in [4.78, 5) is 13.1. The summed E-state index contributed by atoms with van der Waals surface area (Å²) >= 11 is 0. The predicted octanol–water partition coefficient (Wildman–Crippen LogP) is 2.41. The number of hydrogen-bond donors (Lipinski definition) is 0. The molecule has 0 bridgehead atoms. The Morgan fingerprint density at radius 2 is 1.93 bits per heavy atom. The van der Waals surface area contributed by atoms with Crippen molar-refractivity contribution in [2.45, 2.75) is 51.2 Å². The topological polar surface area (TPSA) is 29.5 Å². The van der Waals surface area contributed by atoms with Crippen LogP contribution in [0.25, 0.3) is 0 Å². The van der Waals surface area contributed by atoms with Crippen molar-refractivity contribution in [1.82, 2.24) is 4.90 Å². The van der Waals surface area contributed by atoms with E-state index >= 15 is 0 Å². The maximum Gasteiger partial charge on any atom is 0.410 e. The predicted molar refractivity (Wildman–Crippen MR) is 54.1 cm³/mol. The van der Waals surface area contributed by atoms with Gasteiger partial charge in [0.15, 0.2) is 0 Å². The van der Waals surface area contributed by atoms with Gasteiger partial charge < -0.3 is 9.64 Å². The zero-order valence-electron chi connectivity index (χ0n) is 9.03. The van der Waals surface area contributed by atoms with Crippen LogP contribution in [0.4, 0.5) is 4.79 Å². The van der Waals surface area contributed by atoms with Crippen LogP contribution in [0.15, 0.2) is 0 Å². The molecule has 0 aromatic rings. The molecule has 0 N–H and O–H groups in total. The number of rotatable bonds is 1. The second-order valence-electron chi connectivity index (χ2n) is 4.60. The van der Waals surface area contributed by atoms with Crippen molar-refractivity contribution >= 4 is 6.09 Å². The van der Waals surface area contributed by atoms with E-state index in [2.05, 4.69) is 6.92 Å². The number of hydrogen-bond acceptors (Lipinski definition) is 2. The molecule has 1 heterocycles. The maximum absolute atomic E-state index is 11.3. The molecule has 2 rings (SSSR count). The van der Waals surface area contributed by atoms with Gasteiger partial charge in [0.25, 0.3) is 0 Å². The van der Waals surface area contributed by atoms with E-state index < -0.39 is 0 Å². The third-order valence-electron chi connectivity index (χ3n) is 3.73. The van der Waals surface area contributed by atoms with Gasteiger partial charge in [-0.2, -0.15) is 0 Å². The lowest BCUT2D eigenvalue weighted by Gasteiger charge is -2.28. The molecule has 80 valence electrons. The number of nitrogens with zero attached hydrogens (tertiary/aromatic N) is 1. The summed E-state index contributed by atoms with van der Waals surface area (Å²) in [5, 5.41) is 0. The van der Waals surface area contributed by atoms with Crippen molar-refractivity contribution < 1.29 is 9.53 Å². The molecular formula is C11H19NO2. The number of carbonyl (C=O) groups is 1. The molecule has 1 saturated heterocycles. The van der Waals surface area contributed by atoms with Gasteiger partial charge in [-0.05, 0) is 25.7 Å². The van der Waals surface area contributed by atoms with Crippen molar-refractivity contribution in [3.05, 3.63) is 0 Å². The summed E-state index contributed by atoms with van der Waals surface area (Å²) < 4.78 is 5.41. The Labute approximate surface area is 85.4 Å². The SMILES string of the molecule is C[C@H]1[C@@H](C2CCCCC2)OC(=O)N1C. The van der Waals surface area contributed by atoms with Gasteiger partial charge in [-0.25, -0.2) is 4.79 Å². The molecule has 1 saturated carbocycles. The van der Waals surface area contributed by atoms with Crippen molar-refractivity contribution in [2.75, 3.05) is 7.05 Å². The molecule has 0 aromatic carbocycles. The van der Waals surface area contributed by atoms with Crippen LogP contribution in [-0.2, 0) is 4.74 Å². The van der Waals surface area contributed by atoms with E-state index in [4.69, 9.17) is 4.74 Å². The summed E-state index contributed by atoms with van der Waals surface area (Å²) in [7, 11) is 1.83. The van der Waals surface area contributed by atoms with Crippen molar-refractivity contribution in [2.24, 2.45) is 5.92 Å². The minimum absolute atomic E-state index is 0.145. The number of likely N-dealkylation sites (N-methyl/N-ethyl adjacent to an activating group) is 1. The largest absolute Gasteiger partial charge is 0.444 e. The first-order chi connectivity index (χ1) is 6.70. The van der Waals surface area contributed by atoms with Gasteiger partial charge in [0, 0.05) is 7.05 Å². The Bertz CT molecular complexity index is 223. The van der Waals surface area contributed by atoms with Gasteiger partial charge in [-0.1, -0.05) is 19.3 Å². The second-order valence-corrected chi connectivity index (χ2v) is 4.60. The van der Waals surface area contributed by atoms with Crippen molar-refractivity contribution in [3.63, 3.8) is 0 Å². The molecule has 2 fully saturated rings. The standard InChI is InChI=1S/C11H19NO2/c1-8-10(14-11(13)12(8)2)9-6-4-3-5-7-9/h8-10H,3-7H2,1-2H3/t8-,10-/m0/s1. The van der Waals surface area contributed by atoms with E-state index in [1.54, 1.807) is 4.90 Å². The minimum atomic E-state index is -0.145. The quantitative estimate of drug-likeness (QED) is 0.646. The van der Waals surface area contributed by atoms with Gasteiger partial charge in [0.2, 0.25) is 0 Å². The third kappa shape index (κ3) is 1.60.